The third-order valence-electron chi connectivity index (χ3n) is 4.40. The molecule has 0 spiro atoms. The van der Waals surface area contributed by atoms with E-state index in [-0.39, 0.29) is 0 Å². The standard InChI is InChI=1S/C16H26N4/c1-3-9-17-15-13(4-2)16(19-10-18-15)20-14(11-5-6-11)12-7-8-12/h10-12,14H,3-9H2,1-2H3,(H2,17,18,19,20). The molecule has 2 aliphatic rings. The second-order valence-electron chi connectivity index (χ2n) is 6.17. The van der Waals surface area contributed by atoms with Crippen molar-refractivity contribution in [2.24, 2.45) is 11.8 Å². The van der Waals surface area contributed by atoms with Crippen molar-refractivity contribution in [2.45, 2.75) is 58.4 Å². The summed E-state index contributed by atoms with van der Waals surface area (Å²) in [5, 5.41) is 7.17. The molecule has 0 saturated heterocycles. The Kier molecular flexibility index (Phi) is 4.08. The molecule has 4 nitrogen and oxygen atoms in total. The fourth-order valence-corrected chi connectivity index (χ4v) is 2.96. The summed E-state index contributed by atoms with van der Waals surface area (Å²) in [6.45, 7) is 5.33. The third-order valence-corrected chi connectivity index (χ3v) is 4.40. The zero-order valence-corrected chi connectivity index (χ0v) is 12.7. The van der Waals surface area contributed by atoms with Gasteiger partial charge >= 0.3 is 0 Å². The van der Waals surface area contributed by atoms with E-state index in [1.165, 1.54) is 31.2 Å². The Morgan fingerprint density at radius 1 is 1.10 bits per heavy atom. The third kappa shape index (κ3) is 3.05. The van der Waals surface area contributed by atoms with E-state index in [9.17, 15) is 0 Å². The topological polar surface area (TPSA) is 49.8 Å². The molecule has 20 heavy (non-hydrogen) atoms. The summed E-state index contributed by atoms with van der Waals surface area (Å²) in [6, 6.07) is 0.647. The van der Waals surface area contributed by atoms with Gasteiger partial charge in [0, 0.05) is 18.2 Å². The van der Waals surface area contributed by atoms with Gasteiger partial charge in [-0.15, -0.1) is 0 Å². The first-order valence-corrected chi connectivity index (χ1v) is 8.17. The second-order valence-corrected chi connectivity index (χ2v) is 6.17. The van der Waals surface area contributed by atoms with Crippen LogP contribution in [-0.4, -0.2) is 22.6 Å². The van der Waals surface area contributed by atoms with Gasteiger partial charge in [-0.3, -0.25) is 0 Å². The van der Waals surface area contributed by atoms with Crippen LogP contribution in [-0.2, 0) is 6.42 Å². The van der Waals surface area contributed by atoms with Crippen molar-refractivity contribution in [2.75, 3.05) is 17.2 Å². The highest BCUT2D eigenvalue weighted by Gasteiger charge is 2.41. The minimum atomic E-state index is 0.647. The van der Waals surface area contributed by atoms with Gasteiger partial charge in [-0.1, -0.05) is 13.8 Å². The Labute approximate surface area is 121 Å². The highest BCUT2D eigenvalue weighted by atomic mass is 15.1. The van der Waals surface area contributed by atoms with Gasteiger partial charge in [0.1, 0.15) is 18.0 Å². The zero-order chi connectivity index (χ0) is 13.9. The van der Waals surface area contributed by atoms with Gasteiger partial charge in [0.25, 0.3) is 0 Å². The SMILES string of the molecule is CCCNc1ncnc(NC(C2CC2)C2CC2)c1CC. The Morgan fingerprint density at radius 2 is 1.75 bits per heavy atom. The maximum Gasteiger partial charge on any atom is 0.134 e. The first-order valence-electron chi connectivity index (χ1n) is 8.17. The molecule has 1 aromatic heterocycles. The van der Waals surface area contributed by atoms with Crippen LogP contribution in [0.25, 0.3) is 0 Å². The van der Waals surface area contributed by atoms with E-state index in [1.54, 1.807) is 6.33 Å². The van der Waals surface area contributed by atoms with Crippen LogP contribution in [0.5, 0.6) is 0 Å². The molecule has 2 fully saturated rings. The normalized spacial score (nSPS) is 18.4. The van der Waals surface area contributed by atoms with E-state index in [0.29, 0.717) is 6.04 Å². The number of rotatable bonds is 8. The Bertz CT molecular complexity index is 440. The van der Waals surface area contributed by atoms with Crippen LogP contribution in [0.1, 0.15) is 51.5 Å². The molecule has 110 valence electrons. The lowest BCUT2D eigenvalue weighted by Crippen LogP contribution is -2.26. The molecule has 1 aromatic rings. The smallest absolute Gasteiger partial charge is 0.134 e. The average molecular weight is 274 g/mol. The Morgan fingerprint density at radius 3 is 2.30 bits per heavy atom. The molecule has 4 heteroatoms. The van der Waals surface area contributed by atoms with Crippen LogP contribution in [0, 0.1) is 11.8 Å². The quantitative estimate of drug-likeness (QED) is 0.762. The van der Waals surface area contributed by atoms with Gasteiger partial charge in [0.15, 0.2) is 0 Å². The molecule has 1 heterocycles. The van der Waals surface area contributed by atoms with Gasteiger partial charge in [-0.05, 0) is 50.4 Å². The maximum absolute atomic E-state index is 4.52. The molecule has 2 aliphatic carbocycles. The molecular weight excluding hydrogens is 248 g/mol. The summed E-state index contributed by atoms with van der Waals surface area (Å²) in [5.74, 6) is 3.84. The van der Waals surface area contributed by atoms with Gasteiger partial charge in [0.2, 0.25) is 0 Å². The number of anilines is 2. The molecule has 2 N–H and O–H groups in total. The lowest BCUT2D eigenvalue weighted by atomic mass is 10.1. The summed E-state index contributed by atoms with van der Waals surface area (Å²) in [6.07, 6.45) is 9.34. The van der Waals surface area contributed by atoms with Crippen LogP contribution < -0.4 is 10.6 Å². The van der Waals surface area contributed by atoms with E-state index < -0.39 is 0 Å². The van der Waals surface area contributed by atoms with Crippen molar-refractivity contribution >= 4 is 11.6 Å². The monoisotopic (exact) mass is 274 g/mol. The van der Waals surface area contributed by atoms with Crippen molar-refractivity contribution < 1.29 is 0 Å². The summed E-state index contributed by atoms with van der Waals surface area (Å²) in [7, 11) is 0. The summed E-state index contributed by atoms with van der Waals surface area (Å²) < 4.78 is 0. The summed E-state index contributed by atoms with van der Waals surface area (Å²) in [5.41, 5.74) is 1.24. The first-order chi connectivity index (χ1) is 9.83. The highest BCUT2D eigenvalue weighted by Crippen LogP contribution is 2.46. The Hall–Kier alpha value is -1.32. The number of nitrogens with zero attached hydrogens (tertiary/aromatic N) is 2. The van der Waals surface area contributed by atoms with Crippen LogP contribution >= 0.6 is 0 Å². The van der Waals surface area contributed by atoms with Crippen molar-refractivity contribution in [3.8, 4) is 0 Å². The molecule has 0 atom stereocenters. The molecular formula is C16H26N4. The van der Waals surface area contributed by atoms with Gasteiger partial charge in [-0.2, -0.15) is 0 Å². The van der Waals surface area contributed by atoms with Gasteiger partial charge in [-0.25, -0.2) is 9.97 Å². The van der Waals surface area contributed by atoms with E-state index in [0.717, 1.165) is 42.9 Å². The van der Waals surface area contributed by atoms with Crippen molar-refractivity contribution in [3.05, 3.63) is 11.9 Å². The van der Waals surface area contributed by atoms with E-state index in [1.807, 2.05) is 0 Å². The molecule has 0 unspecified atom stereocenters. The van der Waals surface area contributed by atoms with Crippen molar-refractivity contribution in [1.82, 2.24) is 9.97 Å². The minimum absolute atomic E-state index is 0.647. The largest absolute Gasteiger partial charge is 0.370 e. The van der Waals surface area contributed by atoms with E-state index >= 15 is 0 Å². The molecule has 0 amide bonds. The lowest BCUT2D eigenvalue weighted by Gasteiger charge is -2.21. The molecule has 0 radical (unpaired) electrons. The predicted molar refractivity (Wildman–Crippen MR) is 83.0 cm³/mol. The van der Waals surface area contributed by atoms with E-state index in [4.69, 9.17) is 0 Å². The summed E-state index contributed by atoms with van der Waals surface area (Å²) >= 11 is 0. The van der Waals surface area contributed by atoms with Gasteiger partial charge in [0.05, 0.1) is 0 Å². The highest BCUT2D eigenvalue weighted by molar-refractivity contribution is 5.58. The van der Waals surface area contributed by atoms with Gasteiger partial charge < -0.3 is 10.6 Å². The predicted octanol–water partition coefficient (Wildman–Crippen LogP) is 3.46. The number of nitrogens with one attached hydrogen (secondary N) is 2. The molecule has 0 aromatic carbocycles. The Balaban J connectivity index is 1.76. The van der Waals surface area contributed by atoms with Crippen LogP contribution in [0.3, 0.4) is 0 Å². The lowest BCUT2D eigenvalue weighted by molar-refractivity contribution is 0.564. The number of aromatic nitrogens is 2. The molecule has 3 rings (SSSR count). The fourth-order valence-electron chi connectivity index (χ4n) is 2.96. The van der Waals surface area contributed by atoms with Crippen LogP contribution in [0.4, 0.5) is 11.6 Å². The molecule has 0 bridgehead atoms. The maximum atomic E-state index is 4.52. The first kappa shape index (κ1) is 13.7. The molecule has 0 aliphatic heterocycles. The van der Waals surface area contributed by atoms with E-state index in [2.05, 4.69) is 34.4 Å². The fraction of sp³-hybridized carbons (Fsp3) is 0.750. The minimum Gasteiger partial charge on any atom is -0.370 e. The summed E-state index contributed by atoms with van der Waals surface area (Å²) in [4.78, 5) is 8.93. The van der Waals surface area contributed by atoms with Crippen LogP contribution in [0.15, 0.2) is 6.33 Å². The van der Waals surface area contributed by atoms with Crippen LogP contribution in [0.2, 0.25) is 0 Å². The average Bonchev–Trinajstić information content (AvgIpc) is 3.35. The number of hydrogen-bond acceptors (Lipinski definition) is 4. The second kappa shape index (κ2) is 5.98. The molecule has 2 saturated carbocycles. The van der Waals surface area contributed by atoms with Crippen molar-refractivity contribution in [1.29, 1.82) is 0 Å². The zero-order valence-electron chi connectivity index (χ0n) is 12.7. The number of hydrogen-bond donors (Lipinski definition) is 2. The van der Waals surface area contributed by atoms with Crippen molar-refractivity contribution in [3.63, 3.8) is 0 Å².